The topological polar surface area (TPSA) is 102 Å². The molecule has 0 spiro atoms. The van der Waals surface area contributed by atoms with Gasteiger partial charge in [-0.25, -0.2) is 8.42 Å². The zero-order valence-electron chi connectivity index (χ0n) is 17.0. The highest BCUT2D eigenvalue weighted by Crippen LogP contribution is 2.25. The Bertz CT molecular complexity index is 975. The summed E-state index contributed by atoms with van der Waals surface area (Å²) >= 11 is 0. The van der Waals surface area contributed by atoms with Crippen molar-refractivity contribution in [2.45, 2.75) is 45.4 Å². The van der Waals surface area contributed by atoms with Gasteiger partial charge in [0.05, 0.1) is 23.6 Å². The van der Waals surface area contributed by atoms with E-state index in [0.717, 1.165) is 16.7 Å². The lowest BCUT2D eigenvalue weighted by Gasteiger charge is -2.14. The van der Waals surface area contributed by atoms with Gasteiger partial charge in [0.25, 0.3) is 10.0 Å². The van der Waals surface area contributed by atoms with Crippen LogP contribution < -0.4 is 10.0 Å². The van der Waals surface area contributed by atoms with Crippen LogP contribution in [0.1, 0.15) is 36.5 Å². The number of nitrogens with one attached hydrogen (secondary N) is 2. The summed E-state index contributed by atoms with van der Waals surface area (Å²) in [5, 5.41) is 2.63. The van der Waals surface area contributed by atoms with E-state index in [2.05, 4.69) is 10.0 Å². The lowest BCUT2D eigenvalue weighted by atomic mass is 10.1. The van der Waals surface area contributed by atoms with Crippen LogP contribution in [0, 0.1) is 20.8 Å². The average Bonchev–Trinajstić information content (AvgIpc) is 2.64. The standard InChI is InChI=1S/C21H26N2O5S/c1-5-28-20(25)11-10-19(24)22-17-6-8-18(9-7-17)29(26,27)23-21-15(3)12-14(2)13-16(21)4/h6-9,12-13,23H,5,10-11H2,1-4H3,(H,22,24). The SMILES string of the molecule is CCOC(=O)CCC(=O)Nc1ccc(S(=O)(=O)Nc2c(C)cc(C)cc2C)cc1. The fourth-order valence-corrected chi connectivity index (χ4v) is 4.13. The molecule has 0 fully saturated rings. The van der Waals surface area contributed by atoms with Crippen LogP contribution in [0.5, 0.6) is 0 Å². The molecule has 0 saturated carbocycles. The van der Waals surface area contributed by atoms with Crippen LogP contribution >= 0.6 is 0 Å². The second-order valence-electron chi connectivity index (χ2n) is 6.76. The Morgan fingerprint density at radius 2 is 1.55 bits per heavy atom. The fraction of sp³-hybridized carbons (Fsp3) is 0.333. The number of hydrogen-bond donors (Lipinski definition) is 2. The Hall–Kier alpha value is -2.87. The molecule has 0 unspecified atom stereocenters. The Balaban J connectivity index is 2.05. The number of sulfonamides is 1. The molecule has 2 aromatic rings. The van der Waals surface area contributed by atoms with E-state index in [4.69, 9.17) is 4.74 Å². The maximum atomic E-state index is 12.7. The Kier molecular flexibility index (Phi) is 7.39. The minimum Gasteiger partial charge on any atom is -0.466 e. The molecule has 2 rings (SSSR count). The Morgan fingerprint density at radius 1 is 0.966 bits per heavy atom. The second-order valence-corrected chi connectivity index (χ2v) is 8.44. The third-order valence-electron chi connectivity index (χ3n) is 4.22. The average molecular weight is 419 g/mol. The molecular weight excluding hydrogens is 392 g/mol. The first-order valence-corrected chi connectivity index (χ1v) is 10.8. The number of anilines is 2. The molecule has 0 atom stereocenters. The summed E-state index contributed by atoms with van der Waals surface area (Å²) in [6.45, 7) is 7.63. The molecule has 7 nitrogen and oxygen atoms in total. The zero-order chi connectivity index (χ0) is 21.6. The predicted octanol–water partition coefficient (Wildman–Crippen LogP) is 3.69. The first-order chi connectivity index (χ1) is 13.6. The van der Waals surface area contributed by atoms with Gasteiger partial charge in [-0.05, 0) is 63.1 Å². The number of carbonyl (C=O) groups is 2. The number of aryl methyl sites for hydroxylation is 3. The molecule has 0 aliphatic heterocycles. The van der Waals surface area contributed by atoms with Gasteiger partial charge in [0.1, 0.15) is 0 Å². The van der Waals surface area contributed by atoms with Gasteiger partial charge in [0.2, 0.25) is 5.91 Å². The molecule has 0 saturated heterocycles. The van der Waals surface area contributed by atoms with Gasteiger partial charge in [-0.2, -0.15) is 0 Å². The molecule has 0 radical (unpaired) electrons. The molecular formula is C21H26N2O5S. The van der Waals surface area contributed by atoms with E-state index in [1.54, 1.807) is 6.92 Å². The Morgan fingerprint density at radius 3 is 2.10 bits per heavy atom. The van der Waals surface area contributed by atoms with Crippen LogP contribution in [0.3, 0.4) is 0 Å². The number of benzene rings is 2. The lowest BCUT2D eigenvalue weighted by molar-refractivity contribution is -0.144. The Labute approximate surface area is 171 Å². The van der Waals surface area contributed by atoms with E-state index in [-0.39, 0.29) is 30.3 Å². The highest BCUT2D eigenvalue weighted by Gasteiger charge is 2.17. The molecule has 0 aliphatic carbocycles. The maximum absolute atomic E-state index is 12.7. The second kappa shape index (κ2) is 9.56. The summed E-state index contributed by atoms with van der Waals surface area (Å²) in [6.07, 6.45) is -0.0161. The number of rotatable bonds is 8. The van der Waals surface area contributed by atoms with Crippen LogP contribution in [0.2, 0.25) is 0 Å². The predicted molar refractivity (Wildman–Crippen MR) is 112 cm³/mol. The molecule has 2 N–H and O–H groups in total. The van der Waals surface area contributed by atoms with E-state index in [1.165, 1.54) is 24.3 Å². The van der Waals surface area contributed by atoms with Gasteiger partial charge in [0, 0.05) is 12.1 Å². The van der Waals surface area contributed by atoms with Gasteiger partial charge in [-0.3, -0.25) is 14.3 Å². The van der Waals surface area contributed by atoms with Crippen molar-refractivity contribution < 1.29 is 22.7 Å². The molecule has 0 bridgehead atoms. The van der Waals surface area contributed by atoms with Crippen molar-refractivity contribution in [1.82, 2.24) is 0 Å². The molecule has 8 heteroatoms. The monoisotopic (exact) mass is 418 g/mol. The number of ether oxygens (including phenoxy) is 1. The highest BCUT2D eigenvalue weighted by molar-refractivity contribution is 7.92. The molecule has 156 valence electrons. The third kappa shape index (κ3) is 6.32. The van der Waals surface area contributed by atoms with E-state index < -0.39 is 16.0 Å². The molecule has 29 heavy (non-hydrogen) atoms. The molecule has 1 amide bonds. The van der Waals surface area contributed by atoms with Crippen molar-refractivity contribution in [1.29, 1.82) is 0 Å². The minimum atomic E-state index is -3.77. The smallest absolute Gasteiger partial charge is 0.306 e. The van der Waals surface area contributed by atoms with Gasteiger partial charge in [0.15, 0.2) is 0 Å². The normalized spacial score (nSPS) is 11.0. The minimum absolute atomic E-state index is 0.00752. The zero-order valence-corrected chi connectivity index (χ0v) is 17.9. The molecule has 0 aliphatic rings. The number of carbonyl (C=O) groups excluding carboxylic acids is 2. The number of amides is 1. The van der Waals surface area contributed by atoms with E-state index in [1.807, 2.05) is 32.9 Å². The van der Waals surface area contributed by atoms with Crippen molar-refractivity contribution >= 4 is 33.3 Å². The van der Waals surface area contributed by atoms with Crippen molar-refractivity contribution in [3.8, 4) is 0 Å². The molecule has 2 aromatic carbocycles. The summed E-state index contributed by atoms with van der Waals surface area (Å²) in [4.78, 5) is 23.3. The quantitative estimate of drug-likeness (QED) is 0.637. The van der Waals surface area contributed by atoms with Gasteiger partial charge in [-0.1, -0.05) is 17.7 Å². The highest BCUT2D eigenvalue weighted by atomic mass is 32.2. The number of esters is 1. The van der Waals surface area contributed by atoms with Crippen molar-refractivity contribution in [3.05, 3.63) is 53.1 Å². The lowest BCUT2D eigenvalue weighted by Crippen LogP contribution is -2.16. The molecule has 0 aromatic heterocycles. The summed E-state index contributed by atoms with van der Waals surface area (Å²) in [7, 11) is -3.77. The van der Waals surface area contributed by atoms with Crippen LogP contribution in [-0.2, 0) is 24.3 Å². The third-order valence-corrected chi connectivity index (χ3v) is 5.59. The van der Waals surface area contributed by atoms with E-state index in [0.29, 0.717) is 11.4 Å². The van der Waals surface area contributed by atoms with Crippen LogP contribution in [0.15, 0.2) is 41.3 Å². The van der Waals surface area contributed by atoms with Crippen molar-refractivity contribution in [2.75, 3.05) is 16.6 Å². The first kappa shape index (κ1) is 22.4. The van der Waals surface area contributed by atoms with Crippen LogP contribution in [0.4, 0.5) is 11.4 Å². The maximum Gasteiger partial charge on any atom is 0.306 e. The van der Waals surface area contributed by atoms with Gasteiger partial charge < -0.3 is 10.1 Å². The van der Waals surface area contributed by atoms with Crippen LogP contribution in [0.25, 0.3) is 0 Å². The van der Waals surface area contributed by atoms with Gasteiger partial charge >= 0.3 is 5.97 Å². The van der Waals surface area contributed by atoms with E-state index in [9.17, 15) is 18.0 Å². The first-order valence-electron chi connectivity index (χ1n) is 9.28. The van der Waals surface area contributed by atoms with Crippen molar-refractivity contribution in [2.24, 2.45) is 0 Å². The van der Waals surface area contributed by atoms with Gasteiger partial charge in [-0.15, -0.1) is 0 Å². The van der Waals surface area contributed by atoms with E-state index >= 15 is 0 Å². The van der Waals surface area contributed by atoms with Crippen molar-refractivity contribution in [3.63, 3.8) is 0 Å². The van der Waals surface area contributed by atoms with Crippen LogP contribution in [-0.4, -0.2) is 26.9 Å². The summed E-state index contributed by atoms with van der Waals surface area (Å²) < 4.78 is 32.8. The molecule has 0 heterocycles. The largest absolute Gasteiger partial charge is 0.466 e. The number of hydrogen-bond acceptors (Lipinski definition) is 5. The summed E-state index contributed by atoms with van der Waals surface area (Å²) in [6, 6.07) is 9.68. The fourth-order valence-electron chi connectivity index (χ4n) is 2.92. The summed E-state index contributed by atoms with van der Waals surface area (Å²) in [5.41, 5.74) is 3.76. The summed E-state index contributed by atoms with van der Waals surface area (Å²) in [5.74, 6) is -0.783.